The number of benzene rings is 3. The number of imide groups is 1. The Labute approximate surface area is 173 Å². The van der Waals surface area contributed by atoms with Crippen LogP contribution in [0.1, 0.15) is 31.8 Å². The number of fused-ring (bicyclic) bond motifs is 2. The molecule has 5 rings (SSSR count). The molecule has 2 aliphatic rings. The van der Waals surface area contributed by atoms with E-state index in [-0.39, 0.29) is 24.3 Å². The average Bonchev–Trinajstić information content (AvgIpc) is 3.18. The third-order valence-corrected chi connectivity index (χ3v) is 5.39. The minimum atomic E-state index is -0.318. The summed E-state index contributed by atoms with van der Waals surface area (Å²) in [6.45, 7) is 0.233. The molecule has 2 heterocycles. The third-order valence-electron chi connectivity index (χ3n) is 5.39. The van der Waals surface area contributed by atoms with Gasteiger partial charge >= 0.3 is 0 Å². The highest BCUT2D eigenvalue weighted by molar-refractivity contribution is 6.55. The summed E-state index contributed by atoms with van der Waals surface area (Å²) >= 11 is 0. The second-order valence-electron chi connectivity index (χ2n) is 7.21. The van der Waals surface area contributed by atoms with Crippen molar-refractivity contribution in [2.24, 2.45) is 4.99 Å². The molecule has 0 saturated carbocycles. The van der Waals surface area contributed by atoms with Crippen molar-refractivity contribution in [3.8, 4) is 0 Å². The van der Waals surface area contributed by atoms with E-state index in [1.54, 1.807) is 23.1 Å². The molecule has 0 atom stereocenters. The lowest BCUT2D eigenvalue weighted by molar-refractivity contribution is -0.111. The van der Waals surface area contributed by atoms with Crippen molar-refractivity contribution >= 4 is 34.8 Å². The Morgan fingerprint density at radius 1 is 0.733 bits per heavy atom. The number of rotatable bonds is 3. The van der Waals surface area contributed by atoms with Crippen LogP contribution in [0.15, 0.2) is 77.8 Å². The molecule has 3 aromatic rings. The summed E-state index contributed by atoms with van der Waals surface area (Å²) in [5, 5.41) is 0. The van der Waals surface area contributed by atoms with E-state index in [0.29, 0.717) is 16.8 Å². The van der Waals surface area contributed by atoms with Gasteiger partial charge in [0.25, 0.3) is 17.7 Å². The van der Waals surface area contributed by atoms with Crippen molar-refractivity contribution in [1.82, 2.24) is 4.90 Å². The van der Waals surface area contributed by atoms with Gasteiger partial charge in [-0.2, -0.15) is 0 Å². The largest absolute Gasteiger partial charge is 0.281 e. The molecule has 6 nitrogen and oxygen atoms in total. The molecule has 146 valence electrons. The van der Waals surface area contributed by atoms with Gasteiger partial charge in [-0.15, -0.1) is 0 Å². The molecule has 2 aliphatic heterocycles. The highest BCUT2D eigenvalue weighted by atomic mass is 16.2. The second kappa shape index (κ2) is 6.77. The number of carbonyl (C=O) groups is 3. The maximum absolute atomic E-state index is 13.2. The minimum absolute atomic E-state index is 0.186. The molecule has 0 aromatic heterocycles. The van der Waals surface area contributed by atoms with Crippen molar-refractivity contribution in [3.63, 3.8) is 0 Å². The average molecular weight is 395 g/mol. The van der Waals surface area contributed by atoms with Crippen molar-refractivity contribution in [2.45, 2.75) is 6.54 Å². The summed E-state index contributed by atoms with van der Waals surface area (Å²) in [5.74, 6) is -0.803. The molecule has 0 N–H and O–H groups in total. The van der Waals surface area contributed by atoms with Crippen molar-refractivity contribution in [1.29, 1.82) is 0 Å². The molecule has 0 spiro atoms. The van der Waals surface area contributed by atoms with E-state index in [1.807, 2.05) is 54.6 Å². The van der Waals surface area contributed by atoms with Crippen LogP contribution in [0.2, 0.25) is 0 Å². The number of para-hydroxylation sites is 2. The zero-order chi connectivity index (χ0) is 20.8. The first-order valence-electron chi connectivity index (χ1n) is 9.55. The highest BCUT2D eigenvalue weighted by Crippen LogP contribution is 2.35. The number of hydrogen-bond acceptors (Lipinski definition) is 4. The smallest absolute Gasteiger partial charge is 0.277 e. The fourth-order valence-corrected chi connectivity index (χ4v) is 3.86. The van der Waals surface area contributed by atoms with Crippen LogP contribution in [-0.4, -0.2) is 35.4 Å². The Morgan fingerprint density at radius 3 is 2.23 bits per heavy atom. The molecular formula is C24H17N3O3. The maximum Gasteiger partial charge on any atom is 0.281 e. The fourth-order valence-electron chi connectivity index (χ4n) is 3.86. The third kappa shape index (κ3) is 2.65. The van der Waals surface area contributed by atoms with Crippen LogP contribution in [0.25, 0.3) is 0 Å². The van der Waals surface area contributed by atoms with Crippen LogP contribution >= 0.6 is 0 Å². The Bertz CT molecular complexity index is 1250. The van der Waals surface area contributed by atoms with Crippen LogP contribution in [-0.2, 0) is 11.3 Å². The first-order valence-corrected chi connectivity index (χ1v) is 9.55. The maximum atomic E-state index is 13.2. The van der Waals surface area contributed by atoms with Gasteiger partial charge in [-0.05, 0) is 35.9 Å². The van der Waals surface area contributed by atoms with Crippen molar-refractivity contribution in [3.05, 3.63) is 95.1 Å². The van der Waals surface area contributed by atoms with Gasteiger partial charge in [-0.25, -0.2) is 0 Å². The van der Waals surface area contributed by atoms with E-state index in [0.717, 1.165) is 27.4 Å². The molecular weight excluding hydrogens is 378 g/mol. The normalized spacial score (nSPS) is 16.4. The summed E-state index contributed by atoms with van der Waals surface area (Å²) in [6.07, 6.45) is 0. The molecule has 3 amide bonds. The van der Waals surface area contributed by atoms with Crippen LogP contribution < -0.4 is 4.90 Å². The van der Waals surface area contributed by atoms with E-state index in [4.69, 9.17) is 0 Å². The molecule has 0 saturated heterocycles. The van der Waals surface area contributed by atoms with E-state index in [9.17, 15) is 14.4 Å². The molecule has 0 unspecified atom stereocenters. The van der Waals surface area contributed by atoms with E-state index in [1.165, 1.54) is 7.05 Å². The van der Waals surface area contributed by atoms with Gasteiger partial charge in [0.1, 0.15) is 5.71 Å². The standard InChI is InChI=1S/C24H17N3O3/c1-26-22(28)17-12-11-15(13-19(17)23(26)29)14-25-21-18-9-5-6-10-20(18)27(24(21)30)16-7-3-2-4-8-16/h2-13H,14H2,1H3. The predicted molar refractivity (Wildman–Crippen MR) is 113 cm³/mol. The lowest BCUT2D eigenvalue weighted by atomic mass is 10.1. The van der Waals surface area contributed by atoms with Gasteiger partial charge in [0.05, 0.1) is 23.4 Å². The predicted octanol–water partition coefficient (Wildman–Crippen LogP) is 3.58. The number of nitrogens with zero attached hydrogens (tertiary/aromatic N) is 3. The van der Waals surface area contributed by atoms with Gasteiger partial charge < -0.3 is 0 Å². The highest BCUT2D eigenvalue weighted by Gasteiger charge is 2.35. The zero-order valence-electron chi connectivity index (χ0n) is 16.2. The van der Waals surface area contributed by atoms with Crippen molar-refractivity contribution < 1.29 is 14.4 Å². The minimum Gasteiger partial charge on any atom is -0.277 e. The molecule has 0 radical (unpaired) electrons. The van der Waals surface area contributed by atoms with E-state index >= 15 is 0 Å². The van der Waals surface area contributed by atoms with E-state index < -0.39 is 0 Å². The molecule has 6 heteroatoms. The molecule has 0 fully saturated rings. The summed E-state index contributed by atoms with van der Waals surface area (Å²) < 4.78 is 0. The summed E-state index contributed by atoms with van der Waals surface area (Å²) in [4.78, 5) is 44.9. The number of aliphatic imine (C=N–C) groups is 1. The molecule has 3 aromatic carbocycles. The molecule has 30 heavy (non-hydrogen) atoms. The van der Waals surface area contributed by atoms with Crippen molar-refractivity contribution in [2.75, 3.05) is 11.9 Å². The van der Waals surface area contributed by atoms with Gasteiger partial charge in [0.15, 0.2) is 0 Å². The first-order chi connectivity index (χ1) is 14.6. The summed E-state index contributed by atoms with van der Waals surface area (Å²) in [7, 11) is 1.47. The Kier molecular flexibility index (Phi) is 4.06. The Morgan fingerprint density at radius 2 is 1.43 bits per heavy atom. The lowest BCUT2D eigenvalue weighted by Gasteiger charge is -2.16. The number of amides is 3. The summed E-state index contributed by atoms with van der Waals surface area (Å²) in [5.41, 5.74) is 4.28. The lowest BCUT2D eigenvalue weighted by Crippen LogP contribution is -2.25. The Balaban J connectivity index is 1.50. The zero-order valence-corrected chi connectivity index (χ0v) is 16.2. The fraction of sp³-hybridized carbons (Fsp3) is 0.0833. The van der Waals surface area contributed by atoms with E-state index in [2.05, 4.69) is 4.99 Å². The van der Waals surface area contributed by atoms with Crippen LogP contribution in [0, 0.1) is 0 Å². The Hall–Kier alpha value is -4.06. The topological polar surface area (TPSA) is 70.1 Å². The number of anilines is 2. The van der Waals surface area contributed by atoms with Gasteiger partial charge in [0.2, 0.25) is 0 Å². The SMILES string of the molecule is CN1C(=O)c2ccc(CN=C3C(=O)N(c4ccccc4)c4ccccc43)cc2C1=O. The van der Waals surface area contributed by atoms with Gasteiger partial charge in [0, 0.05) is 18.3 Å². The molecule has 0 bridgehead atoms. The monoisotopic (exact) mass is 395 g/mol. The number of carbonyl (C=O) groups excluding carboxylic acids is 3. The van der Waals surface area contributed by atoms with Crippen LogP contribution in [0.5, 0.6) is 0 Å². The van der Waals surface area contributed by atoms with Crippen LogP contribution in [0.4, 0.5) is 11.4 Å². The van der Waals surface area contributed by atoms with Crippen LogP contribution in [0.3, 0.4) is 0 Å². The summed E-state index contributed by atoms with van der Waals surface area (Å²) in [6, 6.07) is 22.1. The molecule has 0 aliphatic carbocycles. The quantitative estimate of drug-likeness (QED) is 0.637. The number of hydrogen-bond donors (Lipinski definition) is 0. The van der Waals surface area contributed by atoms with Gasteiger partial charge in [-0.1, -0.05) is 42.5 Å². The first kappa shape index (κ1) is 18.0. The second-order valence-corrected chi connectivity index (χ2v) is 7.21. The van der Waals surface area contributed by atoms with Gasteiger partial charge in [-0.3, -0.25) is 29.2 Å².